The number of hydrogen-bond acceptors (Lipinski definition) is 6. The third-order valence-corrected chi connectivity index (χ3v) is 6.98. The molecule has 0 saturated heterocycles. The van der Waals surface area contributed by atoms with E-state index in [9.17, 15) is 14.4 Å². The standard InChI is InChI=1S/C32H43NO7.Na/c1-5-6-7-11-23(24-12-8-13-27-31(24)40-21-39-27)20-28(34)33-26-19-22(14-15-25(26)32(2,3)4)10-9-18-38-30(37)17-16-29(35)36;/h8,12-15,19,23H,5-7,9-11,16-18,20-21H2,1-4H3,(H2,33,34,35,36);/q;+1/p-1. The van der Waals surface area contributed by atoms with Crippen LogP contribution in [0.25, 0.3) is 5.32 Å². The molecule has 1 amide bonds. The Morgan fingerprint density at radius 2 is 1.83 bits per heavy atom. The number of carbonyl (C=O) groups is 3. The van der Waals surface area contributed by atoms with Crippen LogP contribution in [-0.4, -0.2) is 36.4 Å². The third-order valence-electron chi connectivity index (χ3n) is 6.98. The van der Waals surface area contributed by atoms with Gasteiger partial charge in [0.2, 0.25) is 6.79 Å². The van der Waals surface area contributed by atoms with Gasteiger partial charge in [0.25, 0.3) is 0 Å². The molecule has 1 heterocycles. The molecule has 1 aliphatic rings. The zero-order valence-corrected chi connectivity index (χ0v) is 27.2. The largest absolute Gasteiger partial charge is 1.00 e. The fourth-order valence-corrected chi connectivity index (χ4v) is 4.88. The molecule has 1 aliphatic heterocycles. The number of carboxylic acid groups (broad SMARTS) is 1. The minimum absolute atomic E-state index is 0. The smallest absolute Gasteiger partial charge is 0.627 e. The van der Waals surface area contributed by atoms with Crippen molar-refractivity contribution in [3.8, 4) is 11.5 Å². The summed E-state index contributed by atoms with van der Waals surface area (Å²) in [5, 5.41) is 13.3. The quantitative estimate of drug-likeness (QED) is 0.191. The Bertz CT molecular complexity index is 1180. The zero-order valence-electron chi connectivity index (χ0n) is 25.2. The van der Waals surface area contributed by atoms with E-state index in [4.69, 9.17) is 19.3 Å². The Balaban J connectivity index is 0.00000588. The van der Waals surface area contributed by atoms with Gasteiger partial charge in [-0.15, -0.1) is 5.69 Å². The first-order chi connectivity index (χ1) is 19.1. The van der Waals surface area contributed by atoms with Gasteiger partial charge in [-0.3, -0.25) is 9.59 Å². The Morgan fingerprint density at radius 3 is 2.54 bits per heavy atom. The fraction of sp³-hybridized carbons (Fsp3) is 0.531. The number of rotatable bonds is 15. The van der Waals surface area contributed by atoms with Crippen molar-refractivity contribution >= 4 is 23.5 Å². The molecule has 41 heavy (non-hydrogen) atoms. The second-order valence-electron chi connectivity index (χ2n) is 11.3. The van der Waals surface area contributed by atoms with E-state index in [1.54, 1.807) is 0 Å². The van der Waals surface area contributed by atoms with Crippen molar-refractivity contribution in [3.05, 3.63) is 58.4 Å². The summed E-state index contributed by atoms with van der Waals surface area (Å²) in [5.41, 5.74) is 3.44. The van der Waals surface area contributed by atoms with Gasteiger partial charge in [0.05, 0.1) is 25.4 Å². The predicted octanol–water partition coefficient (Wildman–Crippen LogP) is 4.34. The molecule has 0 aliphatic carbocycles. The van der Waals surface area contributed by atoms with E-state index in [1.807, 2.05) is 36.4 Å². The molecule has 2 aromatic rings. The van der Waals surface area contributed by atoms with E-state index in [-0.39, 0.29) is 79.5 Å². The van der Waals surface area contributed by atoms with Gasteiger partial charge < -0.3 is 29.4 Å². The van der Waals surface area contributed by atoms with Gasteiger partial charge in [-0.1, -0.05) is 82.9 Å². The summed E-state index contributed by atoms with van der Waals surface area (Å²) >= 11 is 0. The summed E-state index contributed by atoms with van der Waals surface area (Å²) in [5.74, 6) is -0.273. The average Bonchev–Trinajstić information content (AvgIpc) is 3.38. The van der Waals surface area contributed by atoms with Gasteiger partial charge in [0.1, 0.15) is 0 Å². The van der Waals surface area contributed by atoms with Crippen LogP contribution in [-0.2, 0) is 31.0 Å². The number of nitrogens with zero attached hydrogens (tertiary/aromatic N) is 1. The molecule has 0 saturated carbocycles. The van der Waals surface area contributed by atoms with Crippen LogP contribution in [0, 0.1) is 0 Å². The van der Waals surface area contributed by atoms with Crippen molar-refractivity contribution in [2.45, 2.75) is 96.8 Å². The number of carboxylic acids is 1. The predicted molar refractivity (Wildman–Crippen MR) is 153 cm³/mol. The normalized spacial score (nSPS) is 12.8. The number of amides is 1. The molecule has 0 aromatic heterocycles. The van der Waals surface area contributed by atoms with Crippen molar-refractivity contribution in [1.29, 1.82) is 0 Å². The fourth-order valence-electron chi connectivity index (χ4n) is 4.88. The summed E-state index contributed by atoms with van der Waals surface area (Å²) in [4.78, 5) is 35.7. The number of benzene rings is 2. The van der Waals surface area contributed by atoms with E-state index < -0.39 is 11.9 Å². The summed E-state index contributed by atoms with van der Waals surface area (Å²) < 4.78 is 16.5. The number of hydrogen-bond donors (Lipinski definition) is 1. The van der Waals surface area contributed by atoms with E-state index >= 15 is 0 Å². The monoisotopic (exact) mass is 575 g/mol. The van der Waals surface area contributed by atoms with Gasteiger partial charge >= 0.3 is 41.5 Å². The van der Waals surface area contributed by atoms with Crippen molar-refractivity contribution in [2.75, 3.05) is 13.4 Å². The number of fused-ring (bicyclic) bond motifs is 1. The average molecular weight is 576 g/mol. The van der Waals surface area contributed by atoms with Crippen molar-refractivity contribution < 1.29 is 63.3 Å². The van der Waals surface area contributed by atoms with Gasteiger partial charge in [0.15, 0.2) is 11.5 Å². The first kappa shape index (κ1) is 34.7. The van der Waals surface area contributed by atoms with Crippen molar-refractivity contribution in [1.82, 2.24) is 0 Å². The van der Waals surface area contributed by atoms with Gasteiger partial charge in [-0.2, -0.15) is 0 Å². The molecule has 0 radical (unpaired) electrons. The Kier molecular flexibility index (Phi) is 14.2. The summed E-state index contributed by atoms with van der Waals surface area (Å²) in [6.45, 7) is 8.85. The van der Waals surface area contributed by atoms with Crippen LogP contribution >= 0.6 is 0 Å². The molecule has 8 nitrogen and oxygen atoms in total. The van der Waals surface area contributed by atoms with Crippen molar-refractivity contribution in [3.63, 3.8) is 0 Å². The Morgan fingerprint density at radius 1 is 1.05 bits per heavy atom. The number of esters is 1. The second-order valence-corrected chi connectivity index (χ2v) is 11.3. The summed E-state index contributed by atoms with van der Waals surface area (Å²) in [6, 6.07) is 11.9. The van der Waals surface area contributed by atoms with Crippen LogP contribution in [0.5, 0.6) is 11.5 Å². The van der Waals surface area contributed by atoms with Gasteiger partial charge in [-0.05, 0) is 48.6 Å². The SMILES string of the molecule is CCCCCC(CC(=O)[N-]c1cc(CCCOC(=O)CCC(=O)O)ccc1C(C)(C)C)c1cccc2c1OCO2.[Na+]. The number of carbonyl (C=O) groups excluding carboxylic acids is 2. The maximum absolute atomic E-state index is 13.4. The van der Waals surface area contributed by atoms with Crippen LogP contribution in [0.4, 0.5) is 5.69 Å². The summed E-state index contributed by atoms with van der Waals surface area (Å²) in [6.07, 6.45) is 5.21. The topological polar surface area (TPSA) is 113 Å². The number of para-hydroxylation sites is 1. The number of aliphatic carboxylic acids is 1. The van der Waals surface area contributed by atoms with Crippen molar-refractivity contribution in [2.24, 2.45) is 0 Å². The molecule has 1 N–H and O–H groups in total. The van der Waals surface area contributed by atoms with E-state index in [0.717, 1.165) is 53.9 Å². The number of unbranched alkanes of at least 4 members (excludes halogenated alkanes) is 2. The van der Waals surface area contributed by atoms with Crippen LogP contribution < -0.4 is 39.0 Å². The molecule has 0 spiro atoms. The molecule has 3 rings (SSSR count). The van der Waals surface area contributed by atoms with Gasteiger partial charge in [0, 0.05) is 5.56 Å². The van der Waals surface area contributed by atoms with Gasteiger partial charge in [-0.25, -0.2) is 0 Å². The van der Waals surface area contributed by atoms with E-state index in [1.165, 1.54) is 0 Å². The number of aryl methyl sites for hydroxylation is 1. The van der Waals surface area contributed by atoms with E-state index in [0.29, 0.717) is 18.5 Å². The minimum atomic E-state index is -1.02. The molecule has 218 valence electrons. The Hall–Kier alpha value is -2.55. The minimum Gasteiger partial charge on any atom is -0.627 e. The Labute approximate surface area is 265 Å². The molecule has 0 bridgehead atoms. The number of ether oxygens (including phenoxy) is 3. The van der Waals surface area contributed by atoms with Crippen LogP contribution in [0.15, 0.2) is 36.4 Å². The first-order valence-corrected chi connectivity index (χ1v) is 14.2. The molecular weight excluding hydrogens is 533 g/mol. The van der Waals surface area contributed by atoms with Crippen LogP contribution in [0.3, 0.4) is 0 Å². The maximum atomic E-state index is 13.4. The second kappa shape index (κ2) is 16.8. The van der Waals surface area contributed by atoms with Crippen LogP contribution in [0.2, 0.25) is 0 Å². The molecule has 9 heteroatoms. The van der Waals surface area contributed by atoms with E-state index in [2.05, 4.69) is 33.0 Å². The molecule has 1 atom stereocenters. The first-order valence-electron chi connectivity index (χ1n) is 14.2. The summed E-state index contributed by atoms with van der Waals surface area (Å²) in [7, 11) is 0. The molecule has 0 fully saturated rings. The molecule has 2 aromatic carbocycles. The zero-order chi connectivity index (χ0) is 29.1. The maximum Gasteiger partial charge on any atom is 1.00 e. The third kappa shape index (κ3) is 11.0. The molecular formula is C32H42NNaO7. The van der Waals surface area contributed by atoms with Crippen LogP contribution in [0.1, 0.15) is 102 Å². The molecule has 1 unspecified atom stereocenters.